The van der Waals surface area contributed by atoms with Gasteiger partial charge in [0.15, 0.2) is 0 Å². The number of carbonyl (C=O) groups is 2. The third kappa shape index (κ3) is 4.52. The summed E-state index contributed by atoms with van der Waals surface area (Å²) in [4.78, 5) is 23.6. The Morgan fingerprint density at radius 3 is 2.42 bits per heavy atom. The van der Waals surface area contributed by atoms with Crippen LogP contribution in [0, 0.1) is 5.92 Å². The number of ether oxygens (including phenoxy) is 1. The average molecular weight is 339 g/mol. The standard InChI is InChI=1S/C18H23F2NO3/c1-11(21-16(23)24-17(2,3)4)13-6-5-7-14(10-13)18(19,20)15(22)12-8-9-12/h5-7,10-12H,8-9H2,1-4H3,(H,21,23)/t11-/m1/s1. The summed E-state index contributed by atoms with van der Waals surface area (Å²) in [6.07, 6.45) is 0.441. The number of hydrogen-bond donors (Lipinski definition) is 1. The molecule has 0 aliphatic heterocycles. The maximum absolute atomic E-state index is 14.3. The first-order valence-corrected chi connectivity index (χ1v) is 8.03. The number of ketones is 1. The first-order chi connectivity index (χ1) is 11.0. The monoisotopic (exact) mass is 339 g/mol. The summed E-state index contributed by atoms with van der Waals surface area (Å²) < 4.78 is 33.8. The minimum atomic E-state index is -3.50. The van der Waals surface area contributed by atoms with Gasteiger partial charge >= 0.3 is 12.0 Å². The zero-order valence-electron chi connectivity index (χ0n) is 14.4. The van der Waals surface area contributed by atoms with Crippen molar-refractivity contribution in [3.63, 3.8) is 0 Å². The Bertz CT molecular complexity index is 633. The number of carbonyl (C=O) groups excluding carboxylic acids is 2. The number of halogens is 2. The molecule has 0 saturated heterocycles. The number of nitrogens with one attached hydrogen (secondary N) is 1. The van der Waals surface area contributed by atoms with E-state index in [2.05, 4.69) is 5.32 Å². The molecule has 1 fully saturated rings. The van der Waals surface area contributed by atoms with E-state index in [0.717, 1.165) is 0 Å². The predicted octanol–water partition coefficient (Wildman–Crippen LogP) is 4.34. The zero-order chi connectivity index (χ0) is 18.1. The highest BCUT2D eigenvalue weighted by molar-refractivity contribution is 5.90. The fourth-order valence-electron chi connectivity index (χ4n) is 2.32. The molecule has 1 N–H and O–H groups in total. The van der Waals surface area contributed by atoms with Crippen molar-refractivity contribution in [1.82, 2.24) is 5.32 Å². The summed E-state index contributed by atoms with van der Waals surface area (Å²) in [6, 6.07) is 5.08. The zero-order valence-corrected chi connectivity index (χ0v) is 14.4. The maximum Gasteiger partial charge on any atom is 0.408 e. The molecule has 0 bridgehead atoms. The summed E-state index contributed by atoms with van der Waals surface area (Å²) in [7, 11) is 0. The summed E-state index contributed by atoms with van der Waals surface area (Å²) >= 11 is 0. The lowest BCUT2D eigenvalue weighted by molar-refractivity contribution is -0.145. The normalized spacial score (nSPS) is 16.4. The van der Waals surface area contributed by atoms with Gasteiger partial charge in [0, 0.05) is 11.5 Å². The summed E-state index contributed by atoms with van der Waals surface area (Å²) in [5.41, 5.74) is -0.494. The fraction of sp³-hybridized carbons (Fsp3) is 0.556. The molecule has 0 spiro atoms. The Balaban J connectivity index is 2.11. The molecule has 1 amide bonds. The molecule has 1 aromatic carbocycles. The predicted molar refractivity (Wildman–Crippen MR) is 85.9 cm³/mol. The van der Waals surface area contributed by atoms with Crippen molar-refractivity contribution >= 4 is 11.9 Å². The van der Waals surface area contributed by atoms with Crippen LogP contribution >= 0.6 is 0 Å². The van der Waals surface area contributed by atoms with Gasteiger partial charge in [-0.25, -0.2) is 4.79 Å². The van der Waals surface area contributed by atoms with Crippen LogP contribution in [0.1, 0.15) is 57.7 Å². The van der Waals surface area contributed by atoms with Crippen LogP contribution < -0.4 is 5.32 Å². The molecule has 1 aliphatic rings. The second-order valence-corrected chi connectivity index (χ2v) is 7.21. The molecule has 4 nitrogen and oxygen atoms in total. The van der Waals surface area contributed by atoms with E-state index in [0.29, 0.717) is 18.4 Å². The third-order valence-electron chi connectivity index (χ3n) is 3.74. The first kappa shape index (κ1) is 18.4. The highest BCUT2D eigenvalue weighted by Gasteiger charge is 2.48. The Hall–Kier alpha value is -1.98. The number of Topliss-reactive ketones (excluding diaryl/α,β-unsaturated/α-hetero) is 1. The Kier molecular flexibility index (Phi) is 4.97. The molecular formula is C18H23F2NO3. The van der Waals surface area contributed by atoms with Crippen molar-refractivity contribution < 1.29 is 23.1 Å². The Labute approximate surface area is 140 Å². The number of alkyl carbamates (subject to hydrolysis) is 1. The molecule has 2 rings (SSSR count). The number of hydrogen-bond acceptors (Lipinski definition) is 3. The minimum absolute atomic E-state index is 0.338. The van der Waals surface area contributed by atoms with Crippen molar-refractivity contribution in [2.24, 2.45) is 5.92 Å². The van der Waals surface area contributed by atoms with Gasteiger partial charge in [-0.05, 0) is 52.2 Å². The van der Waals surface area contributed by atoms with E-state index in [1.54, 1.807) is 33.8 Å². The second kappa shape index (κ2) is 6.49. The molecule has 0 radical (unpaired) electrons. The largest absolute Gasteiger partial charge is 0.444 e. The summed E-state index contributed by atoms with van der Waals surface area (Å²) in [5.74, 6) is -5.05. The lowest BCUT2D eigenvalue weighted by atomic mass is 9.97. The van der Waals surface area contributed by atoms with E-state index >= 15 is 0 Å². The minimum Gasteiger partial charge on any atom is -0.444 e. The second-order valence-electron chi connectivity index (χ2n) is 7.21. The van der Waals surface area contributed by atoms with Gasteiger partial charge in [-0.2, -0.15) is 8.78 Å². The van der Waals surface area contributed by atoms with Crippen molar-refractivity contribution in [3.05, 3.63) is 35.4 Å². The lowest BCUT2D eigenvalue weighted by Gasteiger charge is -2.23. The van der Waals surface area contributed by atoms with E-state index in [9.17, 15) is 18.4 Å². The van der Waals surface area contributed by atoms with Gasteiger partial charge in [0.25, 0.3) is 0 Å². The topological polar surface area (TPSA) is 55.4 Å². The molecule has 24 heavy (non-hydrogen) atoms. The van der Waals surface area contributed by atoms with Crippen molar-refractivity contribution in [3.8, 4) is 0 Å². The van der Waals surface area contributed by atoms with Crippen LogP contribution in [0.2, 0.25) is 0 Å². The van der Waals surface area contributed by atoms with E-state index in [-0.39, 0.29) is 5.56 Å². The van der Waals surface area contributed by atoms with Crippen LogP contribution in [0.5, 0.6) is 0 Å². The molecule has 1 aromatic rings. The first-order valence-electron chi connectivity index (χ1n) is 8.03. The van der Waals surface area contributed by atoms with Crippen LogP contribution in [-0.2, 0) is 15.5 Å². The van der Waals surface area contributed by atoms with Crippen molar-refractivity contribution in [2.75, 3.05) is 0 Å². The highest BCUT2D eigenvalue weighted by atomic mass is 19.3. The van der Waals surface area contributed by atoms with Gasteiger partial charge in [0.05, 0.1) is 6.04 Å². The maximum atomic E-state index is 14.3. The fourth-order valence-corrected chi connectivity index (χ4v) is 2.32. The molecule has 1 atom stereocenters. The average Bonchev–Trinajstić information content (AvgIpc) is 3.29. The number of benzene rings is 1. The van der Waals surface area contributed by atoms with Crippen LogP contribution in [0.3, 0.4) is 0 Å². The SMILES string of the molecule is C[C@@H](NC(=O)OC(C)(C)C)c1cccc(C(F)(F)C(=O)C2CC2)c1. The van der Waals surface area contributed by atoms with Gasteiger partial charge in [0.1, 0.15) is 5.60 Å². The molecule has 6 heteroatoms. The Morgan fingerprint density at radius 1 is 1.25 bits per heavy atom. The Morgan fingerprint density at radius 2 is 1.88 bits per heavy atom. The molecule has 132 valence electrons. The smallest absolute Gasteiger partial charge is 0.408 e. The van der Waals surface area contributed by atoms with Gasteiger partial charge < -0.3 is 10.1 Å². The van der Waals surface area contributed by atoms with Crippen molar-refractivity contribution in [2.45, 2.75) is 58.1 Å². The van der Waals surface area contributed by atoms with E-state index in [4.69, 9.17) is 4.74 Å². The van der Waals surface area contributed by atoms with E-state index in [1.165, 1.54) is 18.2 Å². The summed E-state index contributed by atoms with van der Waals surface area (Å²) in [5, 5.41) is 2.60. The van der Waals surface area contributed by atoms with Gasteiger partial charge in [0.2, 0.25) is 5.78 Å². The molecule has 1 aliphatic carbocycles. The van der Waals surface area contributed by atoms with Crippen LogP contribution in [-0.4, -0.2) is 17.5 Å². The lowest BCUT2D eigenvalue weighted by Crippen LogP contribution is -2.34. The third-order valence-corrected chi connectivity index (χ3v) is 3.74. The van der Waals surface area contributed by atoms with Crippen LogP contribution in [0.25, 0.3) is 0 Å². The molecule has 0 heterocycles. The van der Waals surface area contributed by atoms with E-state index < -0.39 is 35.4 Å². The van der Waals surface area contributed by atoms with Crippen molar-refractivity contribution in [1.29, 1.82) is 0 Å². The number of amides is 1. The quantitative estimate of drug-likeness (QED) is 0.868. The molecular weight excluding hydrogens is 316 g/mol. The number of alkyl halides is 2. The summed E-state index contributed by atoms with van der Waals surface area (Å²) in [6.45, 7) is 6.88. The number of rotatable bonds is 5. The van der Waals surface area contributed by atoms with Crippen LogP contribution in [0.15, 0.2) is 24.3 Å². The molecule has 0 unspecified atom stereocenters. The molecule has 0 aromatic heterocycles. The van der Waals surface area contributed by atoms with Gasteiger partial charge in [-0.1, -0.05) is 18.2 Å². The van der Waals surface area contributed by atoms with Crippen LogP contribution in [0.4, 0.5) is 13.6 Å². The van der Waals surface area contributed by atoms with Gasteiger partial charge in [-0.3, -0.25) is 4.79 Å². The van der Waals surface area contributed by atoms with E-state index in [1.807, 2.05) is 0 Å². The highest BCUT2D eigenvalue weighted by Crippen LogP contribution is 2.41. The van der Waals surface area contributed by atoms with Gasteiger partial charge in [-0.15, -0.1) is 0 Å². The molecule has 1 saturated carbocycles.